The second-order valence-corrected chi connectivity index (χ2v) is 5.85. The molecule has 8 heteroatoms. The van der Waals surface area contributed by atoms with Crippen LogP contribution in [0.3, 0.4) is 0 Å². The highest BCUT2D eigenvalue weighted by atomic mass is 16.6. The van der Waals surface area contributed by atoms with E-state index in [4.69, 9.17) is 4.74 Å². The highest BCUT2D eigenvalue weighted by molar-refractivity contribution is 5.65. The maximum atomic E-state index is 11.2. The minimum absolute atomic E-state index is 0.231. The number of non-ortho nitro benzene ring substituents is 1. The van der Waals surface area contributed by atoms with Crippen LogP contribution in [0.15, 0.2) is 42.5 Å². The molecule has 0 amide bonds. The summed E-state index contributed by atoms with van der Waals surface area (Å²) in [6, 6.07) is 11.1. The first-order chi connectivity index (χ1) is 12.0. The lowest BCUT2D eigenvalue weighted by atomic mass is 9.96. The second-order valence-electron chi connectivity index (χ2n) is 5.85. The molecule has 1 N–H and O–H groups in total. The molecule has 0 unspecified atom stereocenters. The number of nitrogens with one attached hydrogen (secondary N) is 1. The van der Waals surface area contributed by atoms with E-state index in [0.717, 1.165) is 30.2 Å². The zero-order valence-electron chi connectivity index (χ0n) is 13.4. The normalized spacial score (nSPS) is 13.8. The first-order valence-electron chi connectivity index (χ1n) is 7.96. The van der Waals surface area contributed by atoms with Crippen molar-refractivity contribution in [3.05, 3.63) is 68.3 Å². The van der Waals surface area contributed by atoms with Crippen LogP contribution in [0.2, 0.25) is 0 Å². The summed E-state index contributed by atoms with van der Waals surface area (Å²) in [5.74, 6) is 0.754. The van der Waals surface area contributed by atoms with Crippen molar-refractivity contribution in [1.82, 2.24) is 0 Å². The molecule has 0 heterocycles. The van der Waals surface area contributed by atoms with Gasteiger partial charge in [0.2, 0.25) is 0 Å². The summed E-state index contributed by atoms with van der Waals surface area (Å²) < 4.78 is 5.93. The molecule has 25 heavy (non-hydrogen) atoms. The zero-order chi connectivity index (χ0) is 17.8. The number of hydrogen-bond donors (Lipinski definition) is 1. The van der Waals surface area contributed by atoms with Crippen LogP contribution in [-0.4, -0.2) is 16.0 Å². The van der Waals surface area contributed by atoms with Gasteiger partial charge in [-0.05, 0) is 31.4 Å². The Morgan fingerprint density at radius 3 is 2.48 bits per heavy atom. The van der Waals surface area contributed by atoms with Crippen LogP contribution in [0.1, 0.15) is 24.8 Å². The van der Waals surface area contributed by atoms with Crippen LogP contribution < -0.4 is 10.1 Å². The quantitative estimate of drug-likeness (QED) is 0.600. The maximum absolute atomic E-state index is 11.2. The fraction of sp³-hybridized carbons (Fsp3) is 0.294. The van der Waals surface area contributed by atoms with Crippen LogP contribution in [0.4, 0.5) is 17.1 Å². The SMILES string of the molecule is O=[N+]([O-])c1ccc(NCc2ccccc2OC2CCC2)c([N+](=O)[O-])c1. The van der Waals surface area contributed by atoms with Crippen LogP contribution in [-0.2, 0) is 6.54 Å². The van der Waals surface area contributed by atoms with Gasteiger partial charge in [0.15, 0.2) is 0 Å². The lowest BCUT2D eigenvalue weighted by Crippen LogP contribution is -2.25. The molecule has 2 aromatic rings. The molecule has 0 saturated heterocycles. The van der Waals surface area contributed by atoms with E-state index in [1.807, 2.05) is 24.3 Å². The molecule has 1 aliphatic carbocycles. The Kier molecular flexibility index (Phi) is 4.78. The molecule has 0 radical (unpaired) electrons. The highest BCUT2D eigenvalue weighted by Crippen LogP contribution is 2.31. The number of nitro benzene ring substituents is 2. The van der Waals surface area contributed by atoms with Gasteiger partial charge in [0.1, 0.15) is 11.4 Å². The Morgan fingerprint density at radius 1 is 1.08 bits per heavy atom. The smallest absolute Gasteiger partial charge is 0.299 e. The third kappa shape index (κ3) is 3.85. The molecular weight excluding hydrogens is 326 g/mol. The number of hydrogen-bond acceptors (Lipinski definition) is 6. The van der Waals surface area contributed by atoms with Gasteiger partial charge < -0.3 is 10.1 Å². The lowest BCUT2D eigenvalue weighted by molar-refractivity contribution is -0.393. The first kappa shape index (κ1) is 16.7. The summed E-state index contributed by atoms with van der Waals surface area (Å²) in [4.78, 5) is 20.7. The molecule has 130 valence electrons. The van der Waals surface area contributed by atoms with Gasteiger partial charge in [0.25, 0.3) is 11.4 Å². The van der Waals surface area contributed by atoms with E-state index < -0.39 is 9.85 Å². The van der Waals surface area contributed by atoms with Crippen molar-refractivity contribution in [2.75, 3.05) is 5.32 Å². The Morgan fingerprint density at radius 2 is 1.84 bits per heavy atom. The molecule has 0 bridgehead atoms. The Hall–Kier alpha value is -3.16. The fourth-order valence-electron chi connectivity index (χ4n) is 2.56. The van der Waals surface area contributed by atoms with Crippen molar-refractivity contribution in [2.45, 2.75) is 31.9 Å². The minimum Gasteiger partial charge on any atom is -0.490 e. The van der Waals surface area contributed by atoms with E-state index in [2.05, 4.69) is 5.32 Å². The molecule has 8 nitrogen and oxygen atoms in total. The number of rotatable bonds is 7. The van der Waals surface area contributed by atoms with E-state index >= 15 is 0 Å². The lowest BCUT2D eigenvalue weighted by Gasteiger charge is -2.27. The largest absolute Gasteiger partial charge is 0.490 e. The molecule has 1 fully saturated rings. The van der Waals surface area contributed by atoms with Crippen molar-refractivity contribution in [3.63, 3.8) is 0 Å². The Labute approximate surface area is 143 Å². The number of nitrogens with zero attached hydrogens (tertiary/aromatic N) is 2. The highest BCUT2D eigenvalue weighted by Gasteiger charge is 2.21. The van der Waals surface area contributed by atoms with Crippen molar-refractivity contribution in [1.29, 1.82) is 0 Å². The molecule has 0 aliphatic heterocycles. The average molecular weight is 343 g/mol. The summed E-state index contributed by atoms with van der Waals surface area (Å²) in [6.45, 7) is 0.321. The Balaban J connectivity index is 1.77. The fourth-order valence-corrected chi connectivity index (χ4v) is 2.56. The van der Waals surface area contributed by atoms with E-state index in [1.54, 1.807) is 0 Å². The monoisotopic (exact) mass is 343 g/mol. The van der Waals surface area contributed by atoms with Gasteiger partial charge in [0, 0.05) is 18.2 Å². The minimum atomic E-state index is -0.654. The topological polar surface area (TPSA) is 108 Å². The zero-order valence-corrected chi connectivity index (χ0v) is 13.4. The molecular formula is C17H17N3O5. The van der Waals surface area contributed by atoms with E-state index in [-0.39, 0.29) is 23.2 Å². The summed E-state index contributed by atoms with van der Waals surface area (Å²) in [6.07, 6.45) is 3.47. The van der Waals surface area contributed by atoms with Crippen LogP contribution >= 0.6 is 0 Å². The number of anilines is 1. The number of para-hydroxylation sites is 1. The second kappa shape index (κ2) is 7.16. The van der Waals surface area contributed by atoms with E-state index in [0.29, 0.717) is 6.54 Å². The van der Waals surface area contributed by atoms with Gasteiger partial charge in [-0.3, -0.25) is 20.2 Å². The molecule has 1 saturated carbocycles. The van der Waals surface area contributed by atoms with Crippen molar-refractivity contribution in [2.24, 2.45) is 0 Å². The summed E-state index contributed by atoms with van der Waals surface area (Å²) in [7, 11) is 0. The van der Waals surface area contributed by atoms with Crippen LogP contribution in [0, 0.1) is 20.2 Å². The van der Waals surface area contributed by atoms with Gasteiger partial charge in [-0.25, -0.2) is 0 Å². The third-order valence-corrected chi connectivity index (χ3v) is 4.18. The molecule has 0 atom stereocenters. The summed E-state index contributed by atoms with van der Waals surface area (Å²) >= 11 is 0. The molecule has 3 rings (SSSR count). The number of nitro groups is 2. The van der Waals surface area contributed by atoms with Crippen LogP contribution in [0.25, 0.3) is 0 Å². The molecule has 2 aromatic carbocycles. The first-order valence-corrected chi connectivity index (χ1v) is 7.96. The predicted octanol–water partition coefficient (Wildman–Crippen LogP) is 4.05. The standard InChI is InChI=1S/C17H17N3O5/c21-19(22)13-8-9-15(16(10-13)20(23)24)18-11-12-4-1-2-7-17(12)25-14-5-3-6-14/h1-2,4,7-10,14,18H,3,5-6,11H2. The van der Waals surface area contributed by atoms with Gasteiger partial charge in [-0.15, -0.1) is 0 Å². The Bertz CT molecular complexity index is 805. The van der Waals surface area contributed by atoms with Crippen LogP contribution in [0.5, 0.6) is 5.75 Å². The predicted molar refractivity (Wildman–Crippen MR) is 91.8 cm³/mol. The molecule has 0 aromatic heterocycles. The van der Waals surface area contributed by atoms with Gasteiger partial charge >= 0.3 is 0 Å². The van der Waals surface area contributed by atoms with Gasteiger partial charge in [-0.2, -0.15) is 0 Å². The maximum Gasteiger partial charge on any atom is 0.299 e. The van der Waals surface area contributed by atoms with Crippen molar-refractivity contribution < 1.29 is 14.6 Å². The third-order valence-electron chi connectivity index (χ3n) is 4.18. The summed E-state index contributed by atoms with van der Waals surface area (Å²) in [5, 5.41) is 25.0. The van der Waals surface area contributed by atoms with Gasteiger partial charge in [-0.1, -0.05) is 18.2 Å². The average Bonchev–Trinajstić information content (AvgIpc) is 2.56. The summed E-state index contributed by atoms with van der Waals surface area (Å²) in [5.41, 5.74) is 0.466. The molecule has 1 aliphatic rings. The van der Waals surface area contributed by atoms with E-state index in [9.17, 15) is 20.2 Å². The van der Waals surface area contributed by atoms with E-state index in [1.165, 1.54) is 18.6 Å². The van der Waals surface area contributed by atoms with Crippen molar-refractivity contribution in [3.8, 4) is 5.75 Å². The van der Waals surface area contributed by atoms with Gasteiger partial charge in [0.05, 0.1) is 22.0 Å². The molecule has 0 spiro atoms. The number of ether oxygens (including phenoxy) is 1. The van der Waals surface area contributed by atoms with Crippen molar-refractivity contribution >= 4 is 17.1 Å². The number of benzene rings is 2.